The summed E-state index contributed by atoms with van der Waals surface area (Å²) in [7, 11) is 0. The SMILES string of the molecule is CC(C)(C)CC(=O)OOc1ccc2cc(C(=O)c3cccc(OCCNC(=O)OC(C)(C)C)c3)ccc2c1. The molecule has 0 aliphatic heterocycles. The third-order valence-corrected chi connectivity index (χ3v) is 5.11. The van der Waals surface area contributed by atoms with Crippen molar-refractivity contribution >= 4 is 28.6 Å². The van der Waals surface area contributed by atoms with Crippen LogP contribution in [-0.2, 0) is 14.4 Å². The molecule has 3 rings (SSSR count). The van der Waals surface area contributed by atoms with Crippen molar-refractivity contribution in [1.82, 2.24) is 5.32 Å². The molecule has 0 spiro atoms. The Hall–Kier alpha value is -4.07. The first kappa shape index (κ1) is 28.5. The van der Waals surface area contributed by atoms with Crippen LogP contribution in [0.3, 0.4) is 0 Å². The van der Waals surface area contributed by atoms with E-state index in [-0.39, 0.29) is 30.8 Å². The summed E-state index contributed by atoms with van der Waals surface area (Å²) in [5.74, 6) is 0.319. The molecule has 202 valence electrons. The lowest BCUT2D eigenvalue weighted by Crippen LogP contribution is -2.34. The topological polar surface area (TPSA) is 100 Å². The number of carbonyl (C=O) groups is 3. The molecule has 0 heterocycles. The van der Waals surface area contributed by atoms with Crippen molar-refractivity contribution in [3.8, 4) is 11.5 Å². The van der Waals surface area contributed by atoms with Gasteiger partial charge in [0.2, 0.25) is 0 Å². The molecule has 3 aromatic carbocycles. The highest BCUT2D eigenvalue weighted by molar-refractivity contribution is 6.10. The van der Waals surface area contributed by atoms with Gasteiger partial charge in [-0.3, -0.25) is 14.6 Å². The van der Waals surface area contributed by atoms with Crippen LogP contribution in [0.4, 0.5) is 4.79 Å². The summed E-state index contributed by atoms with van der Waals surface area (Å²) in [5.41, 5.74) is 0.232. The predicted octanol–water partition coefficient (Wildman–Crippen LogP) is 6.25. The number of amides is 1. The molecule has 0 atom stereocenters. The summed E-state index contributed by atoms with van der Waals surface area (Å²) in [6.07, 6.45) is -0.275. The molecule has 0 bridgehead atoms. The Labute approximate surface area is 223 Å². The molecule has 8 nitrogen and oxygen atoms in total. The maximum absolute atomic E-state index is 13.1. The number of hydrogen-bond acceptors (Lipinski definition) is 7. The zero-order valence-electron chi connectivity index (χ0n) is 22.8. The Morgan fingerprint density at radius 1 is 0.789 bits per heavy atom. The summed E-state index contributed by atoms with van der Waals surface area (Å²) in [4.78, 5) is 46.9. The van der Waals surface area contributed by atoms with Crippen LogP contribution >= 0.6 is 0 Å². The smallest absolute Gasteiger partial charge is 0.407 e. The fraction of sp³-hybridized carbons (Fsp3) is 0.367. The van der Waals surface area contributed by atoms with Gasteiger partial charge in [-0.15, -0.1) is 0 Å². The van der Waals surface area contributed by atoms with Crippen LogP contribution in [0.1, 0.15) is 63.9 Å². The van der Waals surface area contributed by atoms with Crippen LogP contribution in [0.15, 0.2) is 60.7 Å². The Bertz CT molecular complexity index is 1300. The lowest BCUT2D eigenvalue weighted by atomic mass is 9.93. The number of carbonyl (C=O) groups excluding carboxylic acids is 3. The van der Waals surface area contributed by atoms with Gasteiger partial charge in [0.25, 0.3) is 0 Å². The van der Waals surface area contributed by atoms with Crippen molar-refractivity contribution < 1.29 is 33.6 Å². The van der Waals surface area contributed by atoms with Gasteiger partial charge in [-0.1, -0.05) is 51.1 Å². The van der Waals surface area contributed by atoms with E-state index in [1.54, 1.807) is 75.4 Å². The molecular weight excluding hydrogens is 486 g/mol. The van der Waals surface area contributed by atoms with Crippen LogP contribution in [-0.4, -0.2) is 36.6 Å². The van der Waals surface area contributed by atoms with Crippen molar-refractivity contribution in [3.05, 3.63) is 71.8 Å². The normalized spacial score (nSPS) is 11.5. The van der Waals surface area contributed by atoms with Crippen LogP contribution in [0.25, 0.3) is 10.8 Å². The Morgan fingerprint density at radius 2 is 1.47 bits per heavy atom. The number of ketones is 1. The number of hydrogen-bond donors (Lipinski definition) is 1. The fourth-order valence-corrected chi connectivity index (χ4v) is 3.50. The average molecular weight is 522 g/mol. The molecule has 0 aliphatic rings. The zero-order valence-corrected chi connectivity index (χ0v) is 22.8. The van der Waals surface area contributed by atoms with Crippen molar-refractivity contribution in [1.29, 1.82) is 0 Å². The summed E-state index contributed by atoms with van der Waals surface area (Å²) in [6, 6.07) is 17.5. The van der Waals surface area contributed by atoms with Gasteiger partial charge >= 0.3 is 12.1 Å². The third-order valence-electron chi connectivity index (χ3n) is 5.11. The van der Waals surface area contributed by atoms with Crippen molar-refractivity contribution in [2.24, 2.45) is 5.41 Å². The van der Waals surface area contributed by atoms with Gasteiger partial charge < -0.3 is 14.8 Å². The van der Waals surface area contributed by atoms with E-state index in [1.165, 1.54) is 0 Å². The quantitative estimate of drug-likeness (QED) is 0.154. The molecule has 0 fully saturated rings. The van der Waals surface area contributed by atoms with Gasteiger partial charge in [-0.05, 0) is 67.3 Å². The summed E-state index contributed by atoms with van der Waals surface area (Å²) in [5, 5.41) is 4.30. The van der Waals surface area contributed by atoms with Gasteiger partial charge in [0.05, 0.1) is 13.0 Å². The second kappa shape index (κ2) is 12.0. The second-order valence-corrected chi connectivity index (χ2v) is 11.1. The second-order valence-electron chi connectivity index (χ2n) is 11.1. The largest absolute Gasteiger partial charge is 0.492 e. The fourth-order valence-electron chi connectivity index (χ4n) is 3.50. The lowest BCUT2D eigenvalue weighted by molar-refractivity contribution is -0.215. The van der Waals surface area contributed by atoms with Crippen LogP contribution in [0.2, 0.25) is 0 Å². The standard InChI is InChI=1S/C30H35NO7/c1-29(2,3)19-26(32)38-37-25-13-12-20-16-23(11-10-21(20)17-25)27(33)22-8-7-9-24(18-22)35-15-14-31-28(34)36-30(4,5)6/h7-13,16-18H,14-15,19H2,1-6H3,(H,31,34). The predicted molar refractivity (Wildman–Crippen MR) is 144 cm³/mol. The Kier molecular flexibility index (Phi) is 8.99. The minimum Gasteiger partial charge on any atom is -0.492 e. The number of nitrogens with one attached hydrogen (secondary N) is 1. The van der Waals surface area contributed by atoms with E-state index in [0.29, 0.717) is 22.6 Å². The Balaban J connectivity index is 1.59. The van der Waals surface area contributed by atoms with E-state index < -0.39 is 17.7 Å². The van der Waals surface area contributed by atoms with Crippen molar-refractivity contribution in [2.75, 3.05) is 13.2 Å². The molecule has 0 radical (unpaired) electrons. The van der Waals surface area contributed by atoms with Crippen molar-refractivity contribution in [2.45, 2.75) is 53.6 Å². The molecule has 3 aromatic rings. The highest BCUT2D eigenvalue weighted by atomic mass is 17.2. The monoisotopic (exact) mass is 521 g/mol. The number of alkyl carbamates (subject to hydrolysis) is 1. The number of rotatable bonds is 9. The first-order chi connectivity index (χ1) is 17.8. The number of benzene rings is 3. The third kappa shape index (κ3) is 9.10. The summed E-state index contributed by atoms with van der Waals surface area (Å²) >= 11 is 0. The molecule has 0 saturated carbocycles. The van der Waals surface area contributed by atoms with E-state index >= 15 is 0 Å². The van der Waals surface area contributed by atoms with Gasteiger partial charge in [0.15, 0.2) is 11.5 Å². The number of fused-ring (bicyclic) bond motifs is 1. The minimum absolute atomic E-state index is 0.152. The van der Waals surface area contributed by atoms with Crippen molar-refractivity contribution in [3.63, 3.8) is 0 Å². The molecular formula is C30H35NO7. The van der Waals surface area contributed by atoms with E-state index in [0.717, 1.165) is 10.8 Å². The van der Waals surface area contributed by atoms with Gasteiger partial charge in [0.1, 0.15) is 18.0 Å². The summed E-state index contributed by atoms with van der Waals surface area (Å²) < 4.78 is 10.9. The number of ether oxygens (including phenoxy) is 2. The first-order valence-corrected chi connectivity index (χ1v) is 12.4. The Morgan fingerprint density at radius 3 is 2.18 bits per heavy atom. The lowest BCUT2D eigenvalue weighted by Gasteiger charge is -2.19. The van der Waals surface area contributed by atoms with E-state index in [9.17, 15) is 14.4 Å². The van der Waals surface area contributed by atoms with E-state index in [2.05, 4.69) is 5.32 Å². The first-order valence-electron chi connectivity index (χ1n) is 12.4. The van der Waals surface area contributed by atoms with Gasteiger partial charge in [0, 0.05) is 11.1 Å². The van der Waals surface area contributed by atoms with Crippen LogP contribution in [0, 0.1) is 5.41 Å². The van der Waals surface area contributed by atoms with Crippen LogP contribution < -0.4 is 14.9 Å². The van der Waals surface area contributed by atoms with E-state index in [4.69, 9.17) is 19.2 Å². The molecule has 1 N–H and O–H groups in total. The minimum atomic E-state index is -0.570. The molecule has 1 amide bonds. The van der Waals surface area contributed by atoms with Gasteiger partial charge in [-0.2, -0.15) is 0 Å². The zero-order chi connectivity index (χ0) is 27.9. The molecule has 0 aromatic heterocycles. The maximum atomic E-state index is 13.1. The molecule has 0 aliphatic carbocycles. The molecule has 38 heavy (non-hydrogen) atoms. The molecule has 8 heteroatoms. The maximum Gasteiger partial charge on any atom is 0.407 e. The average Bonchev–Trinajstić information content (AvgIpc) is 2.82. The van der Waals surface area contributed by atoms with Crippen LogP contribution in [0.5, 0.6) is 11.5 Å². The highest BCUT2D eigenvalue weighted by Crippen LogP contribution is 2.25. The molecule has 0 saturated heterocycles. The highest BCUT2D eigenvalue weighted by Gasteiger charge is 2.19. The molecule has 0 unspecified atom stereocenters. The van der Waals surface area contributed by atoms with E-state index in [1.807, 2.05) is 26.8 Å². The summed E-state index contributed by atoms with van der Waals surface area (Å²) in [6.45, 7) is 11.7. The van der Waals surface area contributed by atoms with Gasteiger partial charge in [-0.25, -0.2) is 9.59 Å².